The Labute approximate surface area is 193 Å². The molecule has 2 amide bonds. The normalized spacial score (nSPS) is 39.7. The molecule has 0 radical (unpaired) electrons. The molecule has 1 spiro atoms. The summed E-state index contributed by atoms with van der Waals surface area (Å²) in [5, 5.41) is 5.44. The molecule has 4 fully saturated rings. The molecule has 0 aromatic heterocycles. The molecule has 0 saturated carbocycles. The van der Waals surface area contributed by atoms with Crippen LogP contribution in [0, 0.1) is 0 Å². The molecule has 4 aliphatic rings. The van der Waals surface area contributed by atoms with Crippen LogP contribution in [0.2, 0.25) is 0 Å². The fourth-order valence-corrected chi connectivity index (χ4v) is 4.76. The van der Waals surface area contributed by atoms with Crippen molar-refractivity contribution in [3.63, 3.8) is 0 Å². The molecule has 0 aliphatic carbocycles. The molecule has 0 aromatic rings. The third-order valence-electron chi connectivity index (χ3n) is 5.86. The number of hydrogen-bond acceptors (Lipinski definition) is 9. The van der Waals surface area contributed by atoms with E-state index in [1.165, 1.54) is 0 Å². The van der Waals surface area contributed by atoms with E-state index in [0.717, 1.165) is 0 Å². The van der Waals surface area contributed by atoms with Gasteiger partial charge in [0, 0.05) is 0 Å². The molecular formula is C22H34N2O9. The smallest absolute Gasteiger partial charge is 0.308 e. The van der Waals surface area contributed by atoms with Crippen molar-refractivity contribution in [1.29, 1.82) is 0 Å². The first-order chi connectivity index (χ1) is 15.1. The predicted molar refractivity (Wildman–Crippen MR) is 111 cm³/mol. The molecular weight excluding hydrogens is 436 g/mol. The lowest BCUT2D eigenvalue weighted by molar-refractivity contribution is -0.233. The van der Waals surface area contributed by atoms with Gasteiger partial charge in [-0.15, -0.1) is 0 Å². The van der Waals surface area contributed by atoms with Crippen LogP contribution in [-0.2, 0) is 42.8 Å². The second-order valence-electron chi connectivity index (χ2n) is 10.9. The van der Waals surface area contributed by atoms with Gasteiger partial charge in [0.2, 0.25) is 11.8 Å². The van der Waals surface area contributed by atoms with Gasteiger partial charge in [0.15, 0.2) is 17.3 Å². The minimum absolute atomic E-state index is 0.211. The van der Waals surface area contributed by atoms with Crippen molar-refractivity contribution < 1.29 is 42.8 Å². The number of ether oxygens (including phenoxy) is 6. The molecule has 33 heavy (non-hydrogen) atoms. The fourth-order valence-electron chi connectivity index (χ4n) is 4.76. The van der Waals surface area contributed by atoms with Gasteiger partial charge in [-0.25, -0.2) is 0 Å². The van der Waals surface area contributed by atoms with Crippen molar-refractivity contribution >= 4 is 17.8 Å². The third kappa shape index (κ3) is 5.02. The Bertz CT molecular complexity index is 836. The summed E-state index contributed by atoms with van der Waals surface area (Å²) in [6, 6.07) is -1.10. The van der Waals surface area contributed by atoms with E-state index < -0.39 is 71.1 Å². The maximum Gasteiger partial charge on any atom is 0.308 e. The van der Waals surface area contributed by atoms with Gasteiger partial charge in [0.05, 0.1) is 19.4 Å². The molecule has 11 heteroatoms. The van der Waals surface area contributed by atoms with Crippen molar-refractivity contribution in [2.24, 2.45) is 0 Å². The van der Waals surface area contributed by atoms with Crippen molar-refractivity contribution in [3.05, 3.63) is 0 Å². The molecule has 11 nitrogen and oxygen atoms in total. The SMILES string of the molecule is CC(C)(C)OC(=O)C[C@@H]1NC(=O)C[C@@]2(NC1=O)O[C@@H]([C@H]1COC(C)(C)O1)[C@H]1OC(C)(C)O[C@H]12. The van der Waals surface area contributed by atoms with Gasteiger partial charge in [0.25, 0.3) is 0 Å². The summed E-state index contributed by atoms with van der Waals surface area (Å²) in [7, 11) is 0. The van der Waals surface area contributed by atoms with Crippen molar-refractivity contribution in [3.8, 4) is 0 Å². The van der Waals surface area contributed by atoms with E-state index in [4.69, 9.17) is 28.4 Å². The highest BCUT2D eigenvalue weighted by atomic mass is 16.8. The average Bonchev–Trinajstić information content (AvgIpc) is 3.20. The number of nitrogens with one attached hydrogen (secondary N) is 2. The zero-order valence-corrected chi connectivity index (χ0v) is 20.2. The summed E-state index contributed by atoms with van der Waals surface area (Å²) in [4.78, 5) is 38.3. The summed E-state index contributed by atoms with van der Waals surface area (Å²) in [6.07, 6.45) is -3.01. The highest BCUT2D eigenvalue weighted by molar-refractivity contribution is 5.93. The minimum Gasteiger partial charge on any atom is -0.460 e. The maximum absolute atomic E-state index is 13.1. The molecule has 186 valence electrons. The first-order valence-electron chi connectivity index (χ1n) is 11.3. The van der Waals surface area contributed by atoms with Gasteiger partial charge in [-0.1, -0.05) is 0 Å². The number of amides is 2. The van der Waals surface area contributed by atoms with Gasteiger partial charge >= 0.3 is 5.97 Å². The van der Waals surface area contributed by atoms with Crippen LogP contribution in [0.5, 0.6) is 0 Å². The van der Waals surface area contributed by atoms with Crippen LogP contribution in [0.25, 0.3) is 0 Å². The number of rotatable bonds is 3. The summed E-state index contributed by atoms with van der Waals surface area (Å²) in [6.45, 7) is 12.6. The van der Waals surface area contributed by atoms with E-state index in [1.807, 2.05) is 0 Å². The van der Waals surface area contributed by atoms with Crippen LogP contribution in [0.1, 0.15) is 61.3 Å². The van der Waals surface area contributed by atoms with Crippen LogP contribution < -0.4 is 10.6 Å². The minimum atomic E-state index is -1.48. The van der Waals surface area contributed by atoms with Gasteiger partial charge in [-0.05, 0) is 48.5 Å². The Morgan fingerprint density at radius 1 is 1.03 bits per heavy atom. The molecule has 2 N–H and O–H groups in total. The molecule has 6 atom stereocenters. The number of carbonyl (C=O) groups excluding carboxylic acids is 3. The zero-order chi connectivity index (χ0) is 24.4. The summed E-state index contributed by atoms with van der Waals surface area (Å²) < 4.78 is 35.5. The third-order valence-corrected chi connectivity index (χ3v) is 5.86. The molecule has 0 unspecified atom stereocenters. The lowest BCUT2D eigenvalue weighted by atomic mass is 9.97. The van der Waals surface area contributed by atoms with Crippen molar-refractivity contribution in [2.75, 3.05) is 6.61 Å². The number of carbonyl (C=O) groups is 3. The standard InChI is InChI=1S/C22H34N2O9/c1-19(2,3)30-14(26)8-11-18(27)24-22(9-13(25)23-11)17-16(31-21(6,7)33-17)15(32-22)12-10-28-20(4,5)29-12/h11-12,15-17H,8-10H2,1-7H3,(H,23,25)(H,24,27)/t11-,12+,15-,16+,17+,22+/m0/s1. The van der Waals surface area contributed by atoms with Crippen LogP contribution >= 0.6 is 0 Å². The Balaban J connectivity index is 1.57. The molecule has 4 heterocycles. The Morgan fingerprint density at radius 3 is 2.33 bits per heavy atom. The van der Waals surface area contributed by atoms with Crippen LogP contribution in [0.4, 0.5) is 0 Å². The summed E-state index contributed by atoms with van der Waals surface area (Å²) in [5.41, 5.74) is -2.20. The first kappa shape index (κ1) is 24.3. The van der Waals surface area contributed by atoms with E-state index in [-0.39, 0.29) is 19.4 Å². The largest absolute Gasteiger partial charge is 0.460 e. The molecule has 4 rings (SSSR count). The fraction of sp³-hybridized carbons (Fsp3) is 0.864. The quantitative estimate of drug-likeness (QED) is 0.566. The highest BCUT2D eigenvalue weighted by Crippen LogP contribution is 2.47. The van der Waals surface area contributed by atoms with E-state index in [1.54, 1.807) is 48.5 Å². The highest BCUT2D eigenvalue weighted by Gasteiger charge is 2.67. The van der Waals surface area contributed by atoms with Gasteiger partial charge in [0.1, 0.15) is 36.1 Å². The van der Waals surface area contributed by atoms with E-state index in [2.05, 4.69) is 10.6 Å². The van der Waals surface area contributed by atoms with Crippen LogP contribution in [-0.4, -0.2) is 77.7 Å². The Hall–Kier alpha value is -1.79. The molecule has 4 saturated heterocycles. The Kier molecular flexibility index (Phi) is 5.81. The zero-order valence-electron chi connectivity index (χ0n) is 20.2. The average molecular weight is 471 g/mol. The number of fused-ring (bicyclic) bond motifs is 2. The lowest BCUT2D eigenvalue weighted by Crippen LogP contribution is -2.58. The molecule has 4 aliphatic heterocycles. The summed E-state index contributed by atoms with van der Waals surface area (Å²) >= 11 is 0. The Morgan fingerprint density at radius 2 is 1.73 bits per heavy atom. The van der Waals surface area contributed by atoms with Crippen LogP contribution in [0.15, 0.2) is 0 Å². The van der Waals surface area contributed by atoms with Crippen LogP contribution in [0.3, 0.4) is 0 Å². The van der Waals surface area contributed by atoms with E-state index in [0.29, 0.717) is 0 Å². The number of hydrogen-bond donors (Lipinski definition) is 2. The molecule has 0 aromatic carbocycles. The van der Waals surface area contributed by atoms with Gasteiger partial charge < -0.3 is 39.1 Å². The summed E-state index contributed by atoms with van der Waals surface area (Å²) in [5.74, 6) is -3.37. The van der Waals surface area contributed by atoms with E-state index >= 15 is 0 Å². The number of esters is 1. The maximum atomic E-state index is 13.1. The monoisotopic (exact) mass is 470 g/mol. The first-order valence-corrected chi connectivity index (χ1v) is 11.3. The van der Waals surface area contributed by atoms with Gasteiger partial charge in [-0.2, -0.15) is 0 Å². The predicted octanol–water partition coefficient (Wildman–Crippen LogP) is 0.490. The topological polar surface area (TPSA) is 131 Å². The van der Waals surface area contributed by atoms with Gasteiger partial charge in [-0.3, -0.25) is 14.4 Å². The second-order valence-corrected chi connectivity index (χ2v) is 10.9. The molecule has 0 bridgehead atoms. The van der Waals surface area contributed by atoms with E-state index in [9.17, 15) is 14.4 Å². The van der Waals surface area contributed by atoms with Crippen molar-refractivity contribution in [1.82, 2.24) is 10.6 Å². The lowest BCUT2D eigenvalue weighted by Gasteiger charge is -2.34. The van der Waals surface area contributed by atoms with Crippen molar-refractivity contribution in [2.45, 2.75) is 115 Å². The second kappa shape index (κ2) is 7.88.